The van der Waals surface area contributed by atoms with E-state index in [0.29, 0.717) is 11.8 Å². The van der Waals surface area contributed by atoms with Crippen LogP contribution in [0.5, 0.6) is 0 Å². The van der Waals surface area contributed by atoms with Gasteiger partial charge in [-0.25, -0.2) is 0 Å². The summed E-state index contributed by atoms with van der Waals surface area (Å²) >= 11 is 0. The lowest BCUT2D eigenvalue weighted by Gasteiger charge is -2.32. The Kier molecular flexibility index (Phi) is 2.54. The molecular weight excluding hydrogens is 304 g/mol. The van der Waals surface area contributed by atoms with Crippen LogP contribution in [0.15, 0.2) is 0 Å². The summed E-state index contributed by atoms with van der Waals surface area (Å²) in [5.41, 5.74) is 0. The van der Waals surface area contributed by atoms with Crippen molar-refractivity contribution in [3.63, 3.8) is 0 Å². The van der Waals surface area contributed by atoms with Crippen molar-refractivity contribution in [3.8, 4) is 0 Å². The molecule has 4 aliphatic rings. The maximum absolute atomic E-state index is 11.4. The summed E-state index contributed by atoms with van der Waals surface area (Å²) in [6, 6.07) is 0. The van der Waals surface area contributed by atoms with Crippen molar-refractivity contribution in [2.75, 3.05) is 12.5 Å². The van der Waals surface area contributed by atoms with Crippen LogP contribution >= 0.6 is 0 Å². The van der Waals surface area contributed by atoms with Crippen LogP contribution in [0, 0.1) is 35.5 Å². The molecule has 8 heteroatoms. The van der Waals surface area contributed by atoms with E-state index >= 15 is 0 Å². The highest BCUT2D eigenvalue weighted by molar-refractivity contribution is 7.86. The molecule has 20 heavy (non-hydrogen) atoms. The first-order valence-corrected chi connectivity index (χ1v) is 10.6. The van der Waals surface area contributed by atoms with Crippen molar-refractivity contribution in [1.29, 1.82) is 0 Å². The van der Waals surface area contributed by atoms with Crippen LogP contribution in [0.3, 0.4) is 0 Å². The fourth-order valence-electron chi connectivity index (χ4n) is 5.71. The molecule has 114 valence electrons. The van der Waals surface area contributed by atoms with Gasteiger partial charge in [0.15, 0.2) is 0 Å². The van der Waals surface area contributed by atoms with Crippen molar-refractivity contribution in [2.45, 2.75) is 25.0 Å². The Labute approximate surface area is 119 Å². The Bertz CT molecular complexity index is 595. The third-order valence-corrected chi connectivity index (χ3v) is 6.94. The summed E-state index contributed by atoms with van der Waals surface area (Å²) in [6.07, 6.45) is 3.57. The molecule has 4 aliphatic carbocycles. The second-order valence-electron chi connectivity index (χ2n) is 6.81. The third-order valence-electron chi connectivity index (χ3n) is 5.80. The van der Waals surface area contributed by atoms with E-state index < -0.39 is 20.2 Å². The van der Waals surface area contributed by atoms with Crippen LogP contribution in [0.25, 0.3) is 0 Å². The van der Waals surface area contributed by atoms with E-state index in [0.717, 1.165) is 25.4 Å². The quantitative estimate of drug-likeness (QED) is 0.688. The largest absolute Gasteiger partial charge is 0.266 e. The first kappa shape index (κ1) is 13.5. The minimum absolute atomic E-state index is 0.158. The van der Waals surface area contributed by atoms with Crippen molar-refractivity contribution in [3.05, 3.63) is 0 Å². The van der Waals surface area contributed by atoms with Crippen molar-refractivity contribution in [2.24, 2.45) is 35.5 Å². The number of rotatable bonds is 4. The van der Waals surface area contributed by atoms with Gasteiger partial charge in [-0.15, -0.1) is 0 Å². The second kappa shape index (κ2) is 3.77. The van der Waals surface area contributed by atoms with Gasteiger partial charge in [0.2, 0.25) is 0 Å². The van der Waals surface area contributed by atoms with Gasteiger partial charge in [0.05, 0.1) is 24.7 Å². The Morgan fingerprint density at radius 1 is 0.700 bits per heavy atom. The van der Waals surface area contributed by atoms with Crippen LogP contribution in [-0.2, 0) is 28.6 Å². The standard InChI is InChI=1S/C12H18O6S2/c1-19(13,14)17-11-7-3-6-8-4-5(7)10(9(6)11)12(8)18-20(2,15)16/h5-12H,3-4H2,1-2H3/t5-,6-,7-,8-,9-,10-,11+,12+/m0/s1. The molecule has 0 heterocycles. The predicted octanol–water partition coefficient (Wildman–Crippen LogP) is 0.208. The highest BCUT2D eigenvalue weighted by Crippen LogP contribution is 2.73. The molecule has 0 amide bonds. The fraction of sp³-hybridized carbons (Fsp3) is 1.00. The lowest BCUT2D eigenvalue weighted by Crippen LogP contribution is -2.28. The van der Waals surface area contributed by atoms with Crippen molar-refractivity contribution < 1.29 is 25.2 Å². The molecule has 4 saturated carbocycles. The van der Waals surface area contributed by atoms with Crippen LogP contribution in [0.4, 0.5) is 0 Å². The van der Waals surface area contributed by atoms with Crippen LogP contribution in [-0.4, -0.2) is 41.6 Å². The van der Waals surface area contributed by atoms with Crippen molar-refractivity contribution >= 4 is 20.2 Å². The highest BCUT2D eigenvalue weighted by atomic mass is 32.2. The molecule has 0 spiro atoms. The number of fused-ring (bicyclic) bond motifs is 4. The maximum atomic E-state index is 11.4. The first-order chi connectivity index (χ1) is 9.16. The molecule has 6 nitrogen and oxygen atoms in total. The summed E-state index contributed by atoms with van der Waals surface area (Å²) in [5.74, 6) is 1.57. The van der Waals surface area contributed by atoms with Crippen LogP contribution < -0.4 is 0 Å². The molecule has 0 unspecified atom stereocenters. The van der Waals surface area contributed by atoms with E-state index in [1.807, 2.05) is 0 Å². The average Bonchev–Trinajstić information content (AvgIpc) is 2.89. The SMILES string of the molecule is CS(=O)(=O)O[C@@H]1[C@H]2C[C@H]3[C@@H]4C[C@@H]2[C@H]([C@@H]4OS(C)(=O)=O)[C@H]31. The first-order valence-electron chi connectivity index (χ1n) is 6.92. The van der Waals surface area contributed by atoms with Gasteiger partial charge in [-0.3, -0.25) is 8.37 Å². The highest BCUT2D eigenvalue weighted by Gasteiger charge is 2.74. The lowest BCUT2D eigenvalue weighted by atomic mass is 9.71. The number of hydrogen-bond acceptors (Lipinski definition) is 6. The second-order valence-corrected chi connectivity index (χ2v) is 10.0. The van der Waals surface area contributed by atoms with E-state index in [9.17, 15) is 16.8 Å². The van der Waals surface area contributed by atoms with E-state index in [4.69, 9.17) is 8.37 Å². The van der Waals surface area contributed by atoms with Gasteiger partial charge in [-0.05, 0) is 48.3 Å². The molecule has 8 atom stereocenters. The van der Waals surface area contributed by atoms with Crippen LogP contribution in [0.1, 0.15) is 12.8 Å². The molecule has 0 radical (unpaired) electrons. The summed E-state index contributed by atoms with van der Waals surface area (Å²) in [4.78, 5) is 0. The predicted molar refractivity (Wildman–Crippen MR) is 69.6 cm³/mol. The van der Waals surface area contributed by atoms with E-state index in [2.05, 4.69) is 0 Å². The topological polar surface area (TPSA) is 86.7 Å². The zero-order valence-electron chi connectivity index (χ0n) is 11.3. The van der Waals surface area contributed by atoms with Gasteiger partial charge in [-0.1, -0.05) is 0 Å². The molecule has 0 N–H and O–H groups in total. The Morgan fingerprint density at radius 2 is 1.05 bits per heavy atom. The zero-order chi connectivity index (χ0) is 14.4. The summed E-state index contributed by atoms with van der Waals surface area (Å²) in [5, 5.41) is 0. The Balaban J connectivity index is 1.64. The van der Waals surface area contributed by atoms with Crippen LogP contribution in [0.2, 0.25) is 0 Å². The van der Waals surface area contributed by atoms with E-state index in [1.165, 1.54) is 0 Å². The van der Waals surface area contributed by atoms with Crippen molar-refractivity contribution in [1.82, 2.24) is 0 Å². The van der Waals surface area contributed by atoms with Gasteiger partial charge >= 0.3 is 0 Å². The molecule has 0 aromatic heterocycles. The van der Waals surface area contributed by atoms with Gasteiger partial charge in [-0.2, -0.15) is 16.8 Å². The summed E-state index contributed by atoms with van der Waals surface area (Å²) in [6.45, 7) is 0. The molecule has 0 aromatic rings. The molecule has 4 bridgehead atoms. The Morgan fingerprint density at radius 3 is 1.35 bits per heavy atom. The minimum Gasteiger partial charge on any atom is -0.266 e. The summed E-state index contributed by atoms with van der Waals surface area (Å²) < 4.78 is 56.3. The molecule has 4 fully saturated rings. The monoisotopic (exact) mass is 322 g/mol. The normalized spacial score (nSPS) is 52.3. The maximum Gasteiger partial charge on any atom is 0.264 e. The molecule has 0 saturated heterocycles. The van der Waals surface area contributed by atoms with E-state index in [1.54, 1.807) is 0 Å². The Hall–Kier alpha value is -0.180. The molecule has 0 aliphatic heterocycles. The van der Waals surface area contributed by atoms with Gasteiger partial charge in [0.25, 0.3) is 20.2 Å². The van der Waals surface area contributed by atoms with Gasteiger partial charge < -0.3 is 0 Å². The smallest absolute Gasteiger partial charge is 0.264 e. The zero-order valence-corrected chi connectivity index (χ0v) is 12.9. The molecule has 4 rings (SSSR count). The van der Waals surface area contributed by atoms with Gasteiger partial charge in [0.1, 0.15) is 0 Å². The van der Waals surface area contributed by atoms with Gasteiger partial charge in [0, 0.05) is 0 Å². The number of hydrogen-bond donors (Lipinski definition) is 0. The lowest BCUT2D eigenvalue weighted by molar-refractivity contribution is 0.129. The van der Waals surface area contributed by atoms with E-state index in [-0.39, 0.29) is 35.9 Å². The molecular formula is C12H18O6S2. The third kappa shape index (κ3) is 1.74. The summed E-state index contributed by atoms with van der Waals surface area (Å²) in [7, 11) is -6.94. The fourth-order valence-corrected chi connectivity index (χ4v) is 7.06. The molecule has 0 aromatic carbocycles. The average molecular weight is 322 g/mol. The minimum atomic E-state index is -3.47.